The van der Waals surface area contributed by atoms with E-state index in [4.69, 9.17) is 10.00 Å². The van der Waals surface area contributed by atoms with Gasteiger partial charge in [-0.1, -0.05) is 0 Å². The molecule has 0 N–H and O–H groups in total. The van der Waals surface area contributed by atoms with Gasteiger partial charge in [0.1, 0.15) is 11.4 Å². The van der Waals surface area contributed by atoms with Crippen LogP contribution in [0.2, 0.25) is 0 Å². The normalized spacial score (nSPS) is 10.2. The Kier molecular flexibility index (Phi) is 3.57. The molecule has 0 radical (unpaired) electrons. The fraction of sp³-hybridized carbons (Fsp3) is 0.267. The van der Waals surface area contributed by atoms with E-state index in [-0.39, 0.29) is 5.78 Å². The molecule has 0 unspecified atom stereocenters. The molecule has 2 rings (SSSR count). The molecule has 0 aliphatic heterocycles. The van der Waals surface area contributed by atoms with Gasteiger partial charge in [0.05, 0.1) is 22.9 Å². The highest BCUT2D eigenvalue weighted by Crippen LogP contribution is 2.31. The van der Waals surface area contributed by atoms with E-state index in [1.54, 1.807) is 22.9 Å². The highest BCUT2D eigenvalue weighted by molar-refractivity contribution is 5.97. The minimum Gasteiger partial charge on any atom is -0.453 e. The molecule has 0 amide bonds. The number of nitrogens with zero attached hydrogens (tertiary/aromatic N) is 3. The number of aryl methyl sites for hydroxylation is 2. The van der Waals surface area contributed by atoms with Gasteiger partial charge in [-0.2, -0.15) is 10.4 Å². The van der Waals surface area contributed by atoms with E-state index >= 15 is 0 Å². The largest absolute Gasteiger partial charge is 0.453 e. The van der Waals surface area contributed by atoms with Gasteiger partial charge < -0.3 is 4.74 Å². The lowest BCUT2D eigenvalue weighted by molar-refractivity contribution is 0.101. The van der Waals surface area contributed by atoms with Gasteiger partial charge in [0, 0.05) is 7.05 Å². The molecular weight excluding hydrogens is 254 g/mol. The second kappa shape index (κ2) is 5.17. The summed E-state index contributed by atoms with van der Waals surface area (Å²) in [5.74, 6) is 0.893. The van der Waals surface area contributed by atoms with Crippen LogP contribution in [0.25, 0.3) is 0 Å². The van der Waals surface area contributed by atoms with Crippen molar-refractivity contribution in [2.24, 2.45) is 7.05 Å². The molecule has 0 saturated carbocycles. The molecule has 0 aliphatic rings. The molecule has 0 aliphatic carbocycles. The molecule has 102 valence electrons. The molecule has 0 spiro atoms. The third-order valence-electron chi connectivity index (χ3n) is 3.14. The van der Waals surface area contributed by atoms with Crippen molar-refractivity contribution >= 4 is 5.78 Å². The van der Waals surface area contributed by atoms with Gasteiger partial charge in [0.2, 0.25) is 0 Å². The van der Waals surface area contributed by atoms with Crippen molar-refractivity contribution in [3.63, 3.8) is 0 Å². The Hall–Kier alpha value is -2.61. The molecule has 1 heterocycles. The minimum atomic E-state index is -0.108. The summed E-state index contributed by atoms with van der Waals surface area (Å²) in [5, 5.41) is 13.2. The number of Topliss-reactive ketones (excluding diaryl/α,β-unsaturated/α-hetero) is 1. The maximum atomic E-state index is 11.6. The standard InChI is InChI=1S/C15H15N3O2/c1-9-15(10(2)18(4)17-9)20-14-7-12(8-16)5-6-13(14)11(3)19/h5-7H,1-4H3. The Labute approximate surface area is 117 Å². The lowest BCUT2D eigenvalue weighted by Gasteiger charge is -2.10. The summed E-state index contributed by atoms with van der Waals surface area (Å²) in [6.07, 6.45) is 0. The molecule has 1 aromatic heterocycles. The SMILES string of the molecule is CC(=O)c1ccc(C#N)cc1Oc1c(C)nn(C)c1C. The zero-order chi connectivity index (χ0) is 14.9. The lowest BCUT2D eigenvalue weighted by atomic mass is 10.1. The van der Waals surface area contributed by atoms with Crippen LogP contribution in [0.4, 0.5) is 0 Å². The van der Waals surface area contributed by atoms with E-state index in [9.17, 15) is 4.79 Å². The van der Waals surface area contributed by atoms with Crippen molar-refractivity contribution in [1.29, 1.82) is 5.26 Å². The van der Waals surface area contributed by atoms with Gasteiger partial charge in [0.25, 0.3) is 0 Å². The summed E-state index contributed by atoms with van der Waals surface area (Å²) < 4.78 is 7.55. The van der Waals surface area contributed by atoms with Crippen molar-refractivity contribution in [2.75, 3.05) is 0 Å². The number of carbonyl (C=O) groups is 1. The summed E-state index contributed by atoms with van der Waals surface area (Å²) in [7, 11) is 1.83. The van der Waals surface area contributed by atoms with Crippen LogP contribution in [0.5, 0.6) is 11.5 Å². The summed E-state index contributed by atoms with van der Waals surface area (Å²) in [5.41, 5.74) is 2.50. The van der Waals surface area contributed by atoms with Gasteiger partial charge in [-0.05, 0) is 39.0 Å². The van der Waals surface area contributed by atoms with Crippen molar-refractivity contribution in [3.8, 4) is 17.6 Å². The zero-order valence-electron chi connectivity index (χ0n) is 11.9. The minimum absolute atomic E-state index is 0.108. The smallest absolute Gasteiger partial charge is 0.171 e. The van der Waals surface area contributed by atoms with Gasteiger partial charge in [0.15, 0.2) is 11.5 Å². The van der Waals surface area contributed by atoms with Crippen LogP contribution in [0, 0.1) is 25.2 Å². The number of rotatable bonds is 3. The molecule has 20 heavy (non-hydrogen) atoms. The summed E-state index contributed by atoms with van der Waals surface area (Å²) in [6, 6.07) is 6.83. The molecule has 0 atom stereocenters. The predicted octanol–water partition coefficient (Wildman–Crippen LogP) is 2.90. The number of nitriles is 1. The van der Waals surface area contributed by atoms with E-state index in [0.717, 1.165) is 11.4 Å². The number of hydrogen-bond donors (Lipinski definition) is 0. The van der Waals surface area contributed by atoms with Crippen LogP contribution in [-0.2, 0) is 7.05 Å². The first-order valence-electron chi connectivity index (χ1n) is 6.17. The average Bonchev–Trinajstić information content (AvgIpc) is 2.65. The van der Waals surface area contributed by atoms with Gasteiger partial charge in [-0.3, -0.25) is 9.48 Å². The highest BCUT2D eigenvalue weighted by Gasteiger charge is 2.16. The number of aromatic nitrogens is 2. The van der Waals surface area contributed by atoms with Crippen LogP contribution >= 0.6 is 0 Å². The maximum Gasteiger partial charge on any atom is 0.171 e. The maximum absolute atomic E-state index is 11.6. The second-order valence-corrected chi connectivity index (χ2v) is 4.60. The molecule has 1 aromatic carbocycles. The molecule has 0 bridgehead atoms. The van der Waals surface area contributed by atoms with Crippen LogP contribution < -0.4 is 4.74 Å². The van der Waals surface area contributed by atoms with Crippen LogP contribution in [0.1, 0.15) is 34.2 Å². The summed E-state index contributed by atoms with van der Waals surface area (Å²) in [4.78, 5) is 11.6. The van der Waals surface area contributed by atoms with E-state index in [1.165, 1.54) is 6.92 Å². The number of carbonyl (C=O) groups excluding carboxylic acids is 1. The predicted molar refractivity (Wildman–Crippen MR) is 73.9 cm³/mol. The number of ether oxygens (including phenoxy) is 1. The topological polar surface area (TPSA) is 67.9 Å². The molecule has 2 aromatic rings. The highest BCUT2D eigenvalue weighted by atomic mass is 16.5. The number of ketones is 1. The number of hydrogen-bond acceptors (Lipinski definition) is 4. The van der Waals surface area contributed by atoms with Crippen LogP contribution in [0.15, 0.2) is 18.2 Å². The van der Waals surface area contributed by atoms with Crippen molar-refractivity contribution in [3.05, 3.63) is 40.7 Å². The quantitative estimate of drug-likeness (QED) is 0.803. The first-order valence-corrected chi connectivity index (χ1v) is 6.17. The second-order valence-electron chi connectivity index (χ2n) is 4.60. The van der Waals surface area contributed by atoms with E-state index in [2.05, 4.69) is 5.10 Å². The van der Waals surface area contributed by atoms with E-state index < -0.39 is 0 Å². The number of benzene rings is 1. The summed E-state index contributed by atoms with van der Waals surface area (Å²) in [6.45, 7) is 5.19. The van der Waals surface area contributed by atoms with Crippen LogP contribution in [-0.4, -0.2) is 15.6 Å². The lowest BCUT2D eigenvalue weighted by Crippen LogP contribution is -1.99. The molecule has 0 fully saturated rings. The Morgan fingerprint density at radius 3 is 2.60 bits per heavy atom. The monoisotopic (exact) mass is 269 g/mol. The van der Waals surface area contributed by atoms with Gasteiger partial charge >= 0.3 is 0 Å². The summed E-state index contributed by atoms with van der Waals surface area (Å²) >= 11 is 0. The molecule has 5 heteroatoms. The Balaban J connectivity index is 2.52. The fourth-order valence-electron chi connectivity index (χ4n) is 1.98. The van der Waals surface area contributed by atoms with Crippen molar-refractivity contribution in [2.45, 2.75) is 20.8 Å². The zero-order valence-corrected chi connectivity index (χ0v) is 11.9. The molecule has 5 nitrogen and oxygen atoms in total. The van der Waals surface area contributed by atoms with Crippen molar-refractivity contribution in [1.82, 2.24) is 9.78 Å². The van der Waals surface area contributed by atoms with Gasteiger partial charge in [-0.25, -0.2) is 0 Å². The fourth-order valence-corrected chi connectivity index (χ4v) is 1.98. The van der Waals surface area contributed by atoms with Crippen LogP contribution in [0.3, 0.4) is 0 Å². The Morgan fingerprint density at radius 1 is 1.40 bits per heavy atom. The molecular formula is C15H15N3O2. The van der Waals surface area contributed by atoms with Crippen molar-refractivity contribution < 1.29 is 9.53 Å². The first-order chi connectivity index (χ1) is 9.43. The Bertz CT molecular complexity index is 723. The third-order valence-corrected chi connectivity index (χ3v) is 3.14. The third kappa shape index (κ3) is 2.41. The Morgan fingerprint density at radius 2 is 2.10 bits per heavy atom. The van der Waals surface area contributed by atoms with E-state index in [0.29, 0.717) is 22.6 Å². The molecule has 0 saturated heterocycles. The average molecular weight is 269 g/mol. The first kappa shape index (κ1) is 13.8. The van der Waals surface area contributed by atoms with Gasteiger partial charge in [-0.15, -0.1) is 0 Å². The van der Waals surface area contributed by atoms with E-state index in [1.807, 2.05) is 27.0 Å².